The Kier molecular flexibility index (Phi) is 2.28. The molecule has 0 aromatic heterocycles. The number of benzene rings is 1. The molecule has 0 fully saturated rings. The molecule has 1 aromatic carbocycles. The third-order valence-corrected chi connectivity index (χ3v) is 1.63. The number of rotatable bonds is 1. The first-order chi connectivity index (χ1) is 5.57. The molecule has 0 spiro atoms. The lowest BCUT2D eigenvalue weighted by Gasteiger charge is -2.01. The topological polar surface area (TPSA) is 37.3 Å². The minimum Gasteiger partial charge on any atom is -0.504 e. The molecule has 0 aliphatic heterocycles. The molecule has 0 saturated carbocycles. The molecule has 0 heterocycles. The Hall–Kier alpha value is -1.16. The summed E-state index contributed by atoms with van der Waals surface area (Å²) < 4.78 is 25.3. The zero-order valence-electron chi connectivity index (χ0n) is 5.64. The van der Waals surface area contributed by atoms with Gasteiger partial charge in [-0.05, 0) is 6.07 Å². The molecular formula is C7H3ClF2O2. The molecule has 0 bridgehead atoms. The summed E-state index contributed by atoms with van der Waals surface area (Å²) in [4.78, 5) is 10.1. The zero-order valence-corrected chi connectivity index (χ0v) is 6.40. The van der Waals surface area contributed by atoms with Crippen molar-refractivity contribution in [2.24, 2.45) is 0 Å². The number of aldehydes is 1. The van der Waals surface area contributed by atoms with Crippen LogP contribution in [0.3, 0.4) is 0 Å². The normalized spacial score (nSPS) is 9.92. The van der Waals surface area contributed by atoms with Gasteiger partial charge in [-0.25, -0.2) is 8.78 Å². The van der Waals surface area contributed by atoms with Crippen LogP contribution in [0.5, 0.6) is 5.75 Å². The van der Waals surface area contributed by atoms with E-state index in [2.05, 4.69) is 0 Å². The Morgan fingerprint density at radius 2 is 2.08 bits per heavy atom. The van der Waals surface area contributed by atoms with E-state index in [1.807, 2.05) is 0 Å². The lowest BCUT2D eigenvalue weighted by atomic mass is 10.2. The first-order valence-corrected chi connectivity index (χ1v) is 3.27. The largest absolute Gasteiger partial charge is 0.504 e. The van der Waals surface area contributed by atoms with Gasteiger partial charge in [0, 0.05) is 0 Å². The van der Waals surface area contributed by atoms with Crippen LogP contribution in [0.4, 0.5) is 8.78 Å². The summed E-state index contributed by atoms with van der Waals surface area (Å²) in [6.45, 7) is 0. The van der Waals surface area contributed by atoms with E-state index in [1.165, 1.54) is 0 Å². The number of phenolic OH excluding ortho intramolecular Hbond substituents is 1. The van der Waals surface area contributed by atoms with Crippen molar-refractivity contribution in [2.75, 3.05) is 0 Å². The van der Waals surface area contributed by atoms with Crippen LogP contribution in [0.15, 0.2) is 6.07 Å². The summed E-state index contributed by atoms with van der Waals surface area (Å²) in [6, 6.07) is 0.573. The number of hydrogen-bond donors (Lipinski definition) is 1. The van der Waals surface area contributed by atoms with Crippen LogP contribution in [-0.4, -0.2) is 11.4 Å². The van der Waals surface area contributed by atoms with Crippen molar-refractivity contribution in [1.82, 2.24) is 0 Å². The van der Waals surface area contributed by atoms with Gasteiger partial charge >= 0.3 is 0 Å². The number of carbonyl (C=O) groups excluding carboxylic acids is 1. The molecule has 0 unspecified atom stereocenters. The standard InChI is InChI=1S/C7H3ClF2O2/c8-5-6(10)3(2-11)1-4(9)7(5)12/h1-2,12H. The highest BCUT2D eigenvalue weighted by atomic mass is 35.5. The number of hydrogen-bond acceptors (Lipinski definition) is 2. The SMILES string of the molecule is O=Cc1cc(F)c(O)c(Cl)c1F. The predicted molar refractivity (Wildman–Crippen MR) is 38.4 cm³/mol. The molecule has 1 N–H and O–H groups in total. The Morgan fingerprint density at radius 3 is 2.58 bits per heavy atom. The molecule has 0 radical (unpaired) electrons. The summed E-state index contributed by atoms with van der Waals surface area (Å²) >= 11 is 5.14. The number of carbonyl (C=O) groups is 1. The van der Waals surface area contributed by atoms with Crippen molar-refractivity contribution in [3.63, 3.8) is 0 Å². The second-order valence-electron chi connectivity index (χ2n) is 2.04. The van der Waals surface area contributed by atoms with Gasteiger partial charge in [0.25, 0.3) is 0 Å². The highest BCUT2D eigenvalue weighted by molar-refractivity contribution is 6.32. The first kappa shape index (κ1) is 8.93. The van der Waals surface area contributed by atoms with Gasteiger partial charge in [0.1, 0.15) is 5.02 Å². The maximum Gasteiger partial charge on any atom is 0.173 e. The van der Waals surface area contributed by atoms with Crippen LogP contribution in [0.1, 0.15) is 10.4 Å². The minimum atomic E-state index is -1.12. The van der Waals surface area contributed by atoms with Crippen molar-refractivity contribution in [2.45, 2.75) is 0 Å². The summed E-state index contributed by atoms with van der Waals surface area (Å²) in [5.41, 5.74) is -0.518. The average Bonchev–Trinajstić information content (AvgIpc) is 2.08. The monoisotopic (exact) mass is 192 g/mol. The van der Waals surface area contributed by atoms with E-state index in [0.717, 1.165) is 0 Å². The van der Waals surface area contributed by atoms with Gasteiger partial charge in [0.05, 0.1) is 5.56 Å². The van der Waals surface area contributed by atoms with Crippen LogP contribution in [0, 0.1) is 11.6 Å². The van der Waals surface area contributed by atoms with Gasteiger partial charge in [-0.15, -0.1) is 0 Å². The van der Waals surface area contributed by atoms with Gasteiger partial charge in [-0.1, -0.05) is 11.6 Å². The van der Waals surface area contributed by atoms with Crippen molar-refractivity contribution in [3.8, 4) is 5.75 Å². The molecule has 0 atom stereocenters. The van der Waals surface area contributed by atoms with Crippen LogP contribution < -0.4 is 0 Å². The van der Waals surface area contributed by atoms with Gasteiger partial charge in [-0.3, -0.25) is 4.79 Å². The fraction of sp³-hybridized carbons (Fsp3) is 0. The van der Waals surface area contributed by atoms with E-state index >= 15 is 0 Å². The number of aromatic hydroxyl groups is 1. The maximum absolute atomic E-state index is 12.8. The van der Waals surface area contributed by atoms with Gasteiger partial charge in [0.2, 0.25) is 0 Å². The predicted octanol–water partition coefficient (Wildman–Crippen LogP) is 2.14. The Bertz CT molecular complexity index is 339. The van der Waals surface area contributed by atoms with Gasteiger partial charge in [-0.2, -0.15) is 0 Å². The second kappa shape index (κ2) is 3.06. The van der Waals surface area contributed by atoms with E-state index in [4.69, 9.17) is 16.7 Å². The molecule has 0 aliphatic rings. The molecule has 12 heavy (non-hydrogen) atoms. The lowest BCUT2D eigenvalue weighted by molar-refractivity contribution is 0.111. The summed E-state index contributed by atoms with van der Waals surface area (Å²) in [5.74, 6) is -3.23. The van der Waals surface area contributed by atoms with E-state index in [9.17, 15) is 13.6 Å². The van der Waals surface area contributed by atoms with Crippen LogP contribution in [0.2, 0.25) is 5.02 Å². The molecule has 1 rings (SSSR count). The molecule has 5 heteroatoms. The van der Waals surface area contributed by atoms with E-state index in [0.29, 0.717) is 6.07 Å². The number of phenols is 1. The van der Waals surface area contributed by atoms with Gasteiger partial charge < -0.3 is 5.11 Å². The molecule has 64 valence electrons. The van der Waals surface area contributed by atoms with Crippen molar-refractivity contribution in [1.29, 1.82) is 0 Å². The summed E-state index contributed by atoms with van der Waals surface area (Å²) in [7, 11) is 0. The van der Waals surface area contributed by atoms with Crippen LogP contribution in [0.25, 0.3) is 0 Å². The Balaban J connectivity index is 3.49. The molecule has 0 amide bonds. The van der Waals surface area contributed by atoms with Crippen LogP contribution in [-0.2, 0) is 0 Å². The maximum atomic E-state index is 12.8. The average molecular weight is 193 g/mol. The highest BCUT2D eigenvalue weighted by Gasteiger charge is 2.15. The summed E-state index contributed by atoms with van der Waals surface area (Å²) in [6.07, 6.45) is 0.115. The van der Waals surface area contributed by atoms with Crippen LogP contribution >= 0.6 is 11.6 Å². The second-order valence-corrected chi connectivity index (χ2v) is 2.42. The minimum absolute atomic E-state index is 0.115. The number of halogens is 3. The molecule has 1 aromatic rings. The van der Waals surface area contributed by atoms with Crippen molar-refractivity contribution in [3.05, 3.63) is 28.3 Å². The molecule has 2 nitrogen and oxygen atoms in total. The van der Waals surface area contributed by atoms with E-state index in [-0.39, 0.29) is 6.29 Å². The molecule has 0 aliphatic carbocycles. The third-order valence-electron chi connectivity index (χ3n) is 1.29. The Morgan fingerprint density at radius 1 is 1.50 bits per heavy atom. The third kappa shape index (κ3) is 1.25. The summed E-state index contributed by atoms with van der Waals surface area (Å²) in [5, 5.41) is 7.96. The smallest absolute Gasteiger partial charge is 0.173 e. The molecule has 0 saturated heterocycles. The van der Waals surface area contributed by atoms with Crippen molar-refractivity contribution >= 4 is 17.9 Å². The van der Waals surface area contributed by atoms with Crippen molar-refractivity contribution < 1.29 is 18.7 Å². The van der Waals surface area contributed by atoms with Gasteiger partial charge in [0.15, 0.2) is 23.7 Å². The lowest BCUT2D eigenvalue weighted by Crippen LogP contribution is -1.91. The highest BCUT2D eigenvalue weighted by Crippen LogP contribution is 2.30. The fourth-order valence-corrected chi connectivity index (χ4v) is 0.889. The van der Waals surface area contributed by atoms with E-state index in [1.54, 1.807) is 0 Å². The zero-order chi connectivity index (χ0) is 9.30. The quantitative estimate of drug-likeness (QED) is 0.547. The Labute approximate surface area is 71.4 Å². The first-order valence-electron chi connectivity index (χ1n) is 2.89. The molecular weight excluding hydrogens is 190 g/mol. The van der Waals surface area contributed by atoms with E-state index < -0.39 is 28.0 Å². The fourth-order valence-electron chi connectivity index (χ4n) is 0.690.